The maximum atomic E-state index is 11.8. The Bertz CT molecular complexity index is 246. The van der Waals surface area contributed by atoms with Crippen molar-refractivity contribution in [3.63, 3.8) is 0 Å². The van der Waals surface area contributed by atoms with Crippen LogP contribution >= 0.6 is 0 Å². The van der Waals surface area contributed by atoms with E-state index >= 15 is 0 Å². The van der Waals surface area contributed by atoms with Gasteiger partial charge < -0.3 is 0 Å². The van der Waals surface area contributed by atoms with Gasteiger partial charge in [-0.3, -0.25) is 4.79 Å². The molecule has 0 aromatic carbocycles. The fourth-order valence-corrected chi connectivity index (χ4v) is 4.37. The normalized spacial score (nSPS) is 47.3. The molecule has 0 aliphatic heterocycles. The van der Waals surface area contributed by atoms with Gasteiger partial charge in [0.1, 0.15) is 5.78 Å². The lowest BCUT2D eigenvalue weighted by Gasteiger charge is -2.31. The van der Waals surface area contributed by atoms with Crippen LogP contribution in [0.2, 0.25) is 0 Å². The minimum absolute atomic E-state index is 0.497. The molecule has 0 heterocycles. The van der Waals surface area contributed by atoms with Gasteiger partial charge in [0.2, 0.25) is 0 Å². The molecule has 14 heavy (non-hydrogen) atoms. The van der Waals surface area contributed by atoms with Gasteiger partial charge in [-0.2, -0.15) is 0 Å². The highest BCUT2D eigenvalue weighted by atomic mass is 16.1. The number of Topliss-reactive ketones (excluding diaryl/α,β-unsaturated/α-hetero) is 1. The van der Waals surface area contributed by atoms with E-state index in [-0.39, 0.29) is 0 Å². The number of hydrogen-bond acceptors (Lipinski definition) is 1. The first kappa shape index (κ1) is 8.94. The first-order chi connectivity index (χ1) is 6.86. The van der Waals surface area contributed by atoms with Crippen molar-refractivity contribution in [3.05, 3.63) is 0 Å². The summed E-state index contributed by atoms with van der Waals surface area (Å²) in [6.07, 6.45) is 10.4. The smallest absolute Gasteiger partial charge is 0.136 e. The quantitative estimate of drug-likeness (QED) is 0.576. The van der Waals surface area contributed by atoms with E-state index in [0.717, 1.165) is 24.2 Å². The number of rotatable bonds is 0. The number of carbonyl (C=O) groups excluding carboxylic acids is 1. The Morgan fingerprint density at radius 2 is 1.71 bits per heavy atom. The summed E-state index contributed by atoms with van der Waals surface area (Å²) in [4.78, 5) is 11.8. The third kappa shape index (κ3) is 1.24. The molecule has 4 atom stereocenters. The lowest BCUT2D eigenvalue weighted by Crippen LogP contribution is -2.27. The van der Waals surface area contributed by atoms with Gasteiger partial charge in [-0.1, -0.05) is 19.3 Å². The second-order valence-corrected chi connectivity index (χ2v) is 5.57. The Morgan fingerprint density at radius 3 is 2.64 bits per heavy atom. The maximum absolute atomic E-state index is 11.8. The van der Waals surface area contributed by atoms with Crippen molar-refractivity contribution >= 4 is 5.78 Å². The van der Waals surface area contributed by atoms with Crippen molar-refractivity contribution in [2.24, 2.45) is 23.7 Å². The van der Waals surface area contributed by atoms with Gasteiger partial charge in [0.15, 0.2) is 0 Å². The van der Waals surface area contributed by atoms with E-state index in [4.69, 9.17) is 0 Å². The Balaban J connectivity index is 1.82. The second kappa shape index (κ2) is 3.36. The Labute approximate surface area is 86.3 Å². The van der Waals surface area contributed by atoms with Gasteiger partial charge in [-0.15, -0.1) is 0 Å². The molecular weight excluding hydrogens is 172 g/mol. The van der Waals surface area contributed by atoms with Gasteiger partial charge in [-0.25, -0.2) is 0 Å². The van der Waals surface area contributed by atoms with Gasteiger partial charge in [0, 0.05) is 12.3 Å². The highest BCUT2D eigenvalue weighted by Crippen LogP contribution is 2.52. The second-order valence-electron chi connectivity index (χ2n) is 5.57. The molecule has 3 aliphatic rings. The topological polar surface area (TPSA) is 17.1 Å². The minimum Gasteiger partial charge on any atom is -0.299 e. The molecule has 3 saturated carbocycles. The molecule has 3 aliphatic carbocycles. The van der Waals surface area contributed by atoms with E-state index in [0.29, 0.717) is 11.7 Å². The molecule has 1 nitrogen and oxygen atoms in total. The average Bonchev–Trinajstić information content (AvgIpc) is 2.59. The van der Waals surface area contributed by atoms with Gasteiger partial charge in [0.25, 0.3) is 0 Å². The SMILES string of the molecule is O=C1CCC[C@H]2[C@@H]3CCCC[C@@H]3C[C@H]12. The summed E-state index contributed by atoms with van der Waals surface area (Å²) in [6.45, 7) is 0. The van der Waals surface area contributed by atoms with E-state index < -0.39 is 0 Å². The Hall–Kier alpha value is -0.330. The molecular formula is C13H20O. The van der Waals surface area contributed by atoms with Crippen LogP contribution in [-0.4, -0.2) is 5.78 Å². The highest BCUT2D eigenvalue weighted by Gasteiger charge is 2.47. The zero-order valence-electron chi connectivity index (χ0n) is 8.87. The van der Waals surface area contributed by atoms with E-state index in [9.17, 15) is 4.79 Å². The molecule has 3 rings (SSSR count). The van der Waals surface area contributed by atoms with Gasteiger partial charge >= 0.3 is 0 Å². The van der Waals surface area contributed by atoms with Gasteiger partial charge in [0.05, 0.1) is 0 Å². The van der Waals surface area contributed by atoms with E-state index in [1.165, 1.54) is 44.9 Å². The number of hydrogen-bond donors (Lipinski definition) is 0. The number of carbonyl (C=O) groups is 1. The van der Waals surface area contributed by atoms with Crippen LogP contribution in [0.5, 0.6) is 0 Å². The standard InChI is InChI=1S/C13H20O/c14-13-7-3-6-11-10-5-2-1-4-9(10)8-12(11)13/h9-12H,1-8H2/t9-,10-,11+,12+/m1/s1. The summed E-state index contributed by atoms with van der Waals surface area (Å²) in [5.41, 5.74) is 0. The van der Waals surface area contributed by atoms with Crippen molar-refractivity contribution < 1.29 is 4.79 Å². The van der Waals surface area contributed by atoms with Crippen molar-refractivity contribution in [1.29, 1.82) is 0 Å². The molecule has 0 bridgehead atoms. The van der Waals surface area contributed by atoms with Crippen LogP contribution in [0, 0.1) is 23.7 Å². The summed E-state index contributed by atoms with van der Waals surface area (Å²) >= 11 is 0. The predicted molar refractivity (Wildman–Crippen MR) is 55.9 cm³/mol. The van der Waals surface area contributed by atoms with Crippen LogP contribution in [0.15, 0.2) is 0 Å². The van der Waals surface area contributed by atoms with Crippen molar-refractivity contribution in [3.8, 4) is 0 Å². The minimum atomic E-state index is 0.497. The van der Waals surface area contributed by atoms with E-state index in [1.807, 2.05) is 0 Å². The van der Waals surface area contributed by atoms with Crippen LogP contribution < -0.4 is 0 Å². The summed E-state index contributed by atoms with van der Waals surface area (Å²) in [7, 11) is 0. The molecule has 0 saturated heterocycles. The highest BCUT2D eigenvalue weighted by molar-refractivity contribution is 5.82. The average molecular weight is 192 g/mol. The zero-order valence-corrected chi connectivity index (χ0v) is 8.87. The summed E-state index contributed by atoms with van der Waals surface area (Å²) in [5, 5.41) is 0. The van der Waals surface area contributed by atoms with Crippen molar-refractivity contribution in [2.75, 3.05) is 0 Å². The molecule has 0 aromatic heterocycles. The summed E-state index contributed by atoms with van der Waals surface area (Å²) < 4.78 is 0. The number of fused-ring (bicyclic) bond motifs is 3. The Morgan fingerprint density at radius 1 is 0.929 bits per heavy atom. The largest absolute Gasteiger partial charge is 0.299 e. The molecule has 0 radical (unpaired) electrons. The summed E-state index contributed by atoms with van der Waals surface area (Å²) in [6, 6.07) is 0. The zero-order chi connectivity index (χ0) is 9.54. The molecule has 0 amide bonds. The molecule has 3 fully saturated rings. The first-order valence-corrected chi connectivity index (χ1v) is 6.39. The van der Waals surface area contributed by atoms with Crippen LogP contribution in [0.4, 0.5) is 0 Å². The van der Waals surface area contributed by atoms with Crippen LogP contribution in [0.1, 0.15) is 51.4 Å². The van der Waals surface area contributed by atoms with Gasteiger partial charge in [-0.05, 0) is 43.4 Å². The molecule has 0 unspecified atom stereocenters. The molecule has 78 valence electrons. The van der Waals surface area contributed by atoms with Crippen molar-refractivity contribution in [1.82, 2.24) is 0 Å². The van der Waals surface area contributed by atoms with E-state index in [2.05, 4.69) is 0 Å². The number of ketones is 1. The van der Waals surface area contributed by atoms with Crippen LogP contribution in [0.3, 0.4) is 0 Å². The Kier molecular flexibility index (Phi) is 2.14. The molecule has 0 aromatic rings. The van der Waals surface area contributed by atoms with Crippen LogP contribution in [0.25, 0.3) is 0 Å². The lowest BCUT2D eigenvalue weighted by molar-refractivity contribution is -0.126. The third-order valence-electron chi connectivity index (χ3n) is 4.97. The monoisotopic (exact) mass is 192 g/mol. The van der Waals surface area contributed by atoms with Crippen molar-refractivity contribution in [2.45, 2.75) is 51.4 Å². The summed E-state index contributed by atoms with van der Waals surface area (Å²) in [5.74, 6) is 3.79. The fourth-order valence-electron chi connectivity index (χ4n) is 4.37. The maximum Gasteiger partial charge on any atom is 0.136 e. The van der Waals surface area contributed by atoms with E-state index in [1.54, 1.807) is 0 Å². The third-order valence-corrected chi connectivity index (χ3v) is 4.97. The molecule has 0 spiro atoms. The fraction of sp³-hybridized carbons (Fsp3) is 0.923. The predicted octanol–water partition coefficient (Wildman–Crippen LogP) is 3.18. The first-order valence-electron chi connectivity index (χ1n) is 6.39. The molecule has 0 N–H and O–H groups in total. The molecule has 1 heteroatoms. The van der Waals surface area contributed by atoms with Crippen LogP contribution in [-0.2, 0) is 4.79 Å². The lowest BCUT2D eigenvalue weighted by atomic mass is 9.73.